The van der Waals surface area contributed by atoms with E-state index in [0.29, 0.717) is 30.0 Å². The summed E-state index contributed by atoms with van der Waals surface area (Å²) in [7, 11) is -3.77. The SMILES string of the molecule is Cc1ccc(C(=O)OCC(=O)c2c(C)[nH]c3ccccc23)cc1S(=O)(=O)N1CCOCC1. The highest BCUT2D eigenvalue weighted by molar-refractivity contribution is 7.89. The molecule has 4 rings (SSSR count). The third-order valence-electron chi connectivity index (χ3n) is 5.52. The van der Waals surface area contributed by atoms with Gasteiger partial charge in [-0.3, -0.25) is 4.79 Å². The molecule has 1 N–H and O–H groups in total. The first kappa shape index (κ1) is 22.2. The number of nitrogens with zero attached hydrogens (tertiary/aromatic N) is 1. The van der Waals surface area contributed by atoms with Crippen LogP contribution in [0.1, 0.15) is 32.0 Å². The average molecular weight is 457 g/mol. The molecule has 1 fully saturated rings. The summed E-state index contributed by atoms with van der Waals surface area (Å²) in [6, 6.07) is 11.8. The number of hydrogen-bond donors (Lipinski definition) is 1. The van der Waals surface area contributed by atoms with Gasteiger partial charge < -0.3 is 14.5 Å². The lowest BCUT2D eigenvalue weighted by molar-refractivity contribution is 0.0474. The molecule has 1 saturated heterocycles. The number of aromatic nitrogens is 1. The van der Waals surface area contributed by atoms with Crippen LogP contribution in [0.3, 0.4) is 0 Å². The van der Waals surface area contributed by atoms with E-state index in [2.05, 4.69) is 4.98 Å². The zero-order valence-corrected chi connectivity index (χ0v) is 18.7. The summed E-state index contributed by atoms with van der Waals surface area (Å²) in [5, 5.41) is 0.764. The molecule has 0 aliphatic carbocycles. The molecular weight excluding hydrogens is 432 g/mol. The van der Waals surface area contributed by atoms with Crippen molar-refractivity contribution in [1.29, 1.82) is 0 Å². The van der Waals surface area contributed by atoms with E-state index in [4.69, 9.17) is 9.47 Å². The molecule has 0 radical (unpaired) electrons. The molecule has 1 aliphatic heterocycles. The highest BCUT2D eigenvalue weighted by atomic mass is 32.2. The molecule has 0 spiro atoms. The molecular formula is C23H24N2O6S. The standard InChI is InChI=1S/C23H24N2O6S/c1-15-7-8-17(13-21(15)32(28,29)25-9-11-30-12-10-25)23(27)31-14-20(26)22-16(2)24-19-6-4-3-5-18(19)22/h3-8,13,24H,9-12,14H2,1-2H3. The van der Waals surface area contributed by atoms with Gasteiger partial charge in [-0.05, 0) is 37.6 Å². The van der Waals surface area contributed by atoms with Gasteiger partial charge in [0.25, 0.3) is 0 Å². The number of H-pyrrole nitrogens is 1. The minimum Gasteiger partial charge on any atom is -0.454 e. The third-order valence-corrected chi connectivity index (χ3v) is 7.56. The fourth-order valence-corrected chi connectivity index (χ4v) is 5.51. The van der Waals surface area contributed by atoms with Crippen molar-refractivity contribution in [2.75, 3.05) is 32.9 Å². The van der Waals surface area contributed by atoms with Crippen molar-refractivity contribution in [3.05, 3.63) is 64.8 Å². The third kappa shape index (κ3) is 4.19. The summed E-state index contributed by atoms with van der Waals surface area (Å²) in [5.41, 5.74) is 2.61. The molecule has 32 heavy (non-hydrogen) atoms. The van der Waals surface area contributed by atoms with E-state index in [1.165, 1.54) is 16.4 Å². The number of aryl methyl sites for hydroxylation is 2. The number of aromatic amines is 1. The van der Waals surface area contributed by atoms with E-state index in [0.717, 1.165) is 10.9 Å². The van der Waals surface area contributed by atoms with Crippen LogP contribution in [0, 0.1) is 13.8 Å². The molecule has 8 nitrogen and oxygen atoms in total. The van der Waals surface area contributed by atoms with E-state index in [9.17, 15) is 18.0 Å². The van der Waals surface area contributed by atoms with Crippen LogP contribution >= 0.6 is 0 Å². The van der Waals surface area contributed by atoms with Gasteiger partial charge in [0.05, 0.1) is 23.7 Å². The lowest BCUT2D eigenvalue weighted by Crippen LogP contribution is -2.40. The first-order valence-corrected chi connectivity index (χ1v) is 11.7. The van der Waals surface area contributed by atoms with Crippen molar-refractivity contribution < 1.29 is 27.5 Å². The maximum absolute atomic E-state index is 13.0. The predicted octanol–water partition coefficient (Wildman–Crippen LogP) is 2.85. The Kier molecular flexibility index (Phi) is 6.14. The molecule has 3 aromatic rings. The van der Waals surface area contributed by atoms with Gasteiger partial charge in [-0.25, -0.2) is 13.2 Å². The number of rotatable bonds is 6. The minimum absolute atomic E-state index is 0.0487. The van der Waals surface area contributed by atoms with Crippen LogP contribution in [0.25, 0.3) is 10.9 Å². The number of hydrogen-bond acceptors (Lipinski definition) is 6. The van der Waals surface area contributed by atoms with Gasteiger partial charge in [-0.1, -0.05) is 24.3 Å². The fraction of sp³-hybridized carbons (Fsp3) is 0.304. The Morgan fingerprint density at radius 2 is 1.81 bits per heavy atom. The Hall–Kier alpha value is -3.01. The highest BCUT2D eigenvalue weighted by Crippen LogP contribution is 2.24. The summed E-state index contributed by atoms with van der Waals surface area (Å²) < 4.78 is 37.9. The zero-order chi connectivity index (χ0) is 22.9. The topological polar surface area (TPSA) is 106 Å². The average Bonchev–Trinajstić information content (AvgIpc) is 3.13. The lowest BCUT2D eigenvalue weighted by atomic mass is 10.1. The van der Waals surface area contributed by atoms with Crippen molar-refractivity contribution in [3.63, 3.8) is 0 Å². The lowest BCUT2D eigenvalue weighted by Gasteiger charge is -2.26. The molecule has 0 unspecified atom stereocenters. The fourth-order valence-electron chi connectivity index (χ4n) is 3.85. The second-order valence-electron chi connectivity index (χ2n) is 7.67. The van der Waals surface area contributed by atoms with Gasteiger partial charge >= 0.3 is 5.97 Å². The number of ether oxygens (including phenoxy) is 2. The van der Waals surface area contributed by atoms with Crippen molar-refractivity contribution in [3.8, 4) is 0 Å². The summed E-state index contributed by atoms with van der Waals surface area (Å²) in [6.45, 7) is 4.19. The molecule has 0 atom stereocenters. The molecule has 2 aromatic carbocycles. The van der Waals surface area contributed by atoms with Gasteiger partial charge in [0.2, 0.25) is 15.8 Å². The number of benzene rings is 2. The number of sulfonamides is 1. The quantitative estimate of drug-likeness (QED) is 0.452. The number of fused-ring (bicyclic) bond motifs is 1. The summed E-state index contributed by atoms with van der Waals surface area (Å²) in [6.07, 6.45) is 0. The number of ketones is 1. The zero-order valence-electron chi connectivity index (χ0n) is 17.9. The van der Waals surface area contributed by atoms with E-state index >= 15 is 0 Å². The van der Waals surface area contributed by atoms with E-state index < -0.39 is 22.6 Å². The van der Waals surface area contributed by atoms with Gasteiger partial charge in [0, 0.05) is 35.2 Å². The Morgan fingerprint density at radius 3 is 2.56 bits per heavy atom. The molecule has 0 bridgehead atoms. The van der Waals surface area contributed by atoms with Crippen LogP contribution in [-0.4, -0.2) is 62.4 Å². The first-order valence-electron chi connectivity index (χ1n) is 10.2. The van der Waals surface area contributed by atoms with Gasteiger partial charge in [-0.15, -0.1) is 0 Å². The number of esters is 1. The maximum Gasteiger partial charge on any atom is 0.338 e. The van der Waals surface area contributed by atoms with E-state index in [1.807, 2.05) is 24.3 Å². The number of carbonyl (C=O) groups is 2. The van der Waals surface area contributed by atoms with Crippen LogP contribution in [-0.2, 0) is 19.5 Å². The first-order chi connectivity index (χ1) is 15.3. The maximum atomic E-state index is 13.0. The van der Waals surface area contributed by atoms with Crippen molar-refractivity contribution in [1.82, 2.24) is 9.29 Å². The van der Waals surface area contributed by atoms with Gasteiger partial charge in [0.1, 0.15) is 0 Å². The normalized spacial score (nSPS) is 15.1. The Labute approximate surface area is 186 Å². The van der Waals surface area contributed by atoms with Crippen LogP contribution in [0.5, 0.6) is 0 Å². The number of morpholine rings is 1. The highest BCUT2D eigenvalue weighted by Gasteiger charge is 2.29. The van der Waals surface area contributed by atoms with Crippen LogP contribution in [0.2, 0.25) is 0 Å². The summed E-state index contributed by atoms with van der Waals surface area (Å²) in [5.74, 6) is -1.09. The molecule has 1 aliphatic rings. The Balaban J connectivity index is 1.52. The monoisotopic (exact) mass is 456 g/mol. The van der Waals surface area contributed by atoms with E-state index in [-0.39, 0.29) is 29.3 Å². The van der Waals surface area contributed by atoms with Crippen LogP contribution in [0.15, 0.2) is 47.4 Å². The second-order valence-corrected chi connectivity index (χ2v) is 9.57. The number of Topliss-reactive ketones (excluding diaryl/α,β-unsaturated/α-hetero) is 1. The number of nitrogens with one attached hydrogen (secondary N) is 1. The molecule has 1 aromatic heterocycles. The summed E-state index contributed by atoms with van der Waals surface area (Å²) in [4.78, 5) is 28.6. The van der Waals surface area contributed by atoms with Gasteiger partial charge in [0.15, 0.2) is 6.61 Å². The Morgan fingerprint density at radius 1 is 1.09 bits per heavy atom. The van der Waals surface area contributed by atoms with E-state index in [1.54, 1.807) is 19.9 Å². The summed E-state index contributed by atoms with van der Waals surface area (Å²) >= 11 is 0. The largest absolute Gasteiger partial charge is 0.454 e. The Bertz CT molecular complexity index is 1290. The molecule has 0 saturated carbocycles. The molecule has 2 heterocycles. The number of carbonyl (C=O) groups excluding carboxylic acids is 2. The van der Waals surface area contributed by atoms with Crippen molar-refractivity contribution in [2.45, 2.75) is 18.7 Å². The smallest absolute Gasteiger partial charge is 0.338 e. The van der Waals surface area contributed by atoms with Gasteiger partial charge in [-0.2, -0.15) is 4.31 Å². The molecule has 168 valence electrons. The van der Waals surface area contributed by atoms with Crippen LogP contribution in [0.4, 0.5) is 0 Å². The number of para-hydroxylation sites is 1. The van der Waals surface area contributed by atoms with Crippen molar-refractivity contribution in [2.24, 2.45) is 0 Å². The van der Waals surface area contributed by atoms with Crippen LogP contribution < -0.4 is 0 Å². The second kappa shape index (κ2) is 8.85. The van der Waals surface area contributed by atoms with Crippen molar-refractivity contribution >= 4 is 32.7 Å². The molecule has 9 heteroatoms. The predicted molar refractivity (Wildman–Crippen MR) is 118 cm³/mol. The molecule has 0 amide bonds. The minimum atomic E-state index is -3.77.